The van der Waals surface area contributed by atoms with E-state index in [-0.39, 0.29) is 24.0 Å². The lowest BCUT2D eigenvalue weighted by Crippen LogP contribution is -2.48. The summed E-state index contributed by atoms with van der Waals surface area (Å²) in [7, 11) is 0. The summed E-state index contributed by atoms with van der Waals surface area (Å²) in [5.41, 5.74) is 2.12. The van der Waals surface area contributed by atoms with E-state index in [4.69, 9.17) is 9.26 Å². The van der Waals surface area contributed by atoms with Gasteiger partial charge in [0.2, 0.25) is 0 Å². The summed E-state index contributed by atoms with van der Waals surface area (Å²) in [6.45, 7) is 5.56. The van der Waals surface area contributed by atoms with Crippen LogP contribution in [0.5, 0.6) is 5.75 Å². The van der Waals surface area contributed by atoms with Crippen molar-refractivity contribution in [1.29, 1.82) is 0 Å². The first kappa shape index (κ1) is 20.1. The third-order valence-electron chi connectivity index (χ3n) is 5.28. The zero-order valence-electron chi connectivity index (χ0n) is 16.9. The third kappa shape index (κ3) is 4.68. The van der Waals surface area contributed by atoms with E-state index < -0.39 is 0 Å². The Morgan fingerprint density at radius 3 is 2.60 bits per heavy atom. The molecular weight excluding hydrogens is 385 g/mol. The van der Waals surface area contributed by atoms with Gasteiger partial charge in [-0.3, -0.25) is 9.69 Å². The summed E-state index contributed by atoms with van der Waals surface area (Å²) in [6.07, 6.45) is 0. The van der Waals surface area contributed by atoms with Crippen molar-refractivity contribution in [3.05, 3.63) is 83.0 Å². The molecule has 0 spiro atoms. The monoisotopic (exact) mass is 409 g/mol. The molecule has 0 unspecified atom stereocenters. The Kier molecular flexibility index (Phi) is 6.09. The Morgan fingerprint density at radius 2 is 1.87 bits per heavy atom. The van der Waals surface area contributed by atoms with Gasteiger partial charge in [0, 0.05) is 38.8 Å². The van der Waals surface area contributed by atoms with Crippen LogP contribution in [-0.2, 0) is 13.2 Å². The zero-order chi connectivity index (χ0) is 20.9. The van der Waals surface area contributed by atoms with E-state index in [9.17, 15) is 9.18 Å². The van der Waals surface area contributed by atoms with Crippen molar-refractivity contribution in [2.24, 2.45) is 0 Å². The van der Waals surface area contributed by atoms with Crippen molar-refractivity contribution < 1.29 is 18.4 Å². The zero-order valence-corrected chi connectivity index (χ0v) is 16.9. The van der Waals surface area contributed by atoms with Crippen molar-refractivity contribution in [3.63, 3.8) is 0 Å². The number of benzene rings is 2. The van der Waals surface area contributed by atoms with Crippen LogP contribution in [-0.4, -0.2) is 47.0 Å². The van der Waals surface area contributed by atoms with Crippen LogP contribution in [0.1, 0.15) is 27.4 Å². The Bertz CT molecular complexity index is 998. The number of aryl methyl sites for hydroxylation is 1. The maximum absolute atomic E-state index is 13.4. The van der Waals surface area contributed by atoms with Crippen LogP contribution >= 0.6 is 0 Å². The van der Waals surface area contributed by atoms with E-state index in [1.807, 2.05) is 18.2 Å². The van der Waals surface area contributed by atoms with Gasteiger partial charge in [0.1, 0.15) is 23.9 Å². The Balaban J connectivity index is 1.37. The molecular formula is C23H24FN3O3. The van der Waals surface area contributed by atoms with E-state index in [2.05, 4.69) is 22.2 Å². The van der Waals surface area contributed by atoms with Gasteiger partial charge >= 0.3 is 0 Å². The summed E-state index contributed by atoms with van der Waals surface area (Å²) >= 11 is 0. The molecule has 0 atom stereocenters. The number of nitrogens with zero attached hydrogens (tertiary/aromatic N) is 3. The summed E-state index contributed by atoms with van der Waals surface area (Å²) < 4.78 is 24.3. The van der Waals surface area contributed by atoms with E-state index in [1.165, 1.54) is 17.7 Å². The van der Waals surface area contributed by atoms with Crippen LogP contribution in [0, 0.1) is 12.7 Å². The standard InChI is InChI=1S/C23H24FN3O3/c1-17-21(16-29-20-9-5-8-19(24)14-20)22(25-30-17)23(28)27-12-10-26(11-13-27)15-18-6-3-2-4-7-18/h2-9,14H,10-13,15-16H2,1H3. The minimum Gasteiger partial charge on any atom is -0.489 e. The second kappa shape index (κ2) is 9.09. The molecule has 0 saturated carbocycles. The number of hydrogen-bond acceptors (Lipinski definition) is 5. The third-order valence-corrected chi connectivity index (χ3v) is 5.28. The fourth-order valence-electron chi connectivity index (χ4n) is 3.54. The largest absolute Gasteiger partial charge is 0.489 e. The van der Waals surface area contributed by atoms with E-state index in [0.29, 0.717) is 30.2 Å². The van der Waals surface area contributed by atoms with Crippen LogP contribution in [0.25, 0.3) is 0 Å². The number of hydrogen-bond donors (Lipinski definition) is 0. The molecule has 1 aliphatic heterocycles. The number of halogens is 1. The first-order valence-electron chi connectivity index (χ1n) is 9.99. The summed E-state index contributed by atoms with van der Waals surface area (Å²) in [4.78, 5) is 17.2. The number of aromatic nitrogens is 1. The van der Waals surface area contributed by atoms with E-state index in [0.717, 1.165) is 19.6 Å². The SMILES string of the molecule is Cc1onc(C(=O)N2CCN(Cc3ccccc3)CC2)c1COc1cccc(F)c1. The van der Waals surface area contributed by atoms with E-state index in [1.54, 1.807) is 24.0 Å². The first-order chi connectivity index (χ1) is 14.6. The predicted molar refractivity (Wildman–Crippen MR) is 110 cm³/mol. The van der Waals surface area contributed by atoms with Crippen LogP contribution < -0.4 is 4.74 Å². The Hall–Kier alpha value is -3.19. The number of piperazine rings is 1. The Labute approximate surface area is 174 Å². The fourth-order valence-corrected chi connectivity index (χ4v) is 3.54. The molecule has 1 amide bonds. The van der Waals surface area contributed by atoms with Crippen molar-refractivity contribution >= 4 is 5.91 Å². The highest BCUT2D eigenvalue weighted by atomic mass is 19.1. The molecule has 0 radical (unpaired) electrons. The van der Waals surface area contributed by atoms with Gasteiger partial charge in [0.15, 0.2) is 5.69 Å². The summed E-state index contributed by atoms with van der Waals surface area (Å²) in [6, 6.07) is 16.2. The maximum atomic E-state index is 13.4. The van der Waals surface area contributed by atoms with Crippen molar-refractivity contribution in [1.82, 2.24) is 15.0 Å². The molecule has 0 bridgehead atoms. The van der Waals surface area contributed by atoms with Crippen LogP contribution in [0.15, 0.2) is 59.1 Å². The molecule has 1 aromatic heterocycles. The molecule has 3 aromatic rings. The molecule has 0 aliphatic carbocycles. The van der Waals surface area contributed by atoms with Crippen molar-refractivity contribution in [3.8, 4) is 5.75 Å². The first-order valence-corrected chi connectivity index (χ1v) is 9.99. The predicted octanol–water partition coefficient (Wildman–Crippen LogP) is 3.66. The van der Waals surface area contributed by atoms with Gasteiger partial charge in [-0.2, -0.15) is 0 Å². The number of ether oxygens (including phenoxy) is 1. The number of carbonyl (C=O) groups is 1. The van der Waals surface area contributed by atoms with Gasteiger partial charge in [-0.25, -0.2) is 4.39 Å². The normalized spacial score (nSPS) is 14.7. The van der Waals surface area contributed by atoms with Gasteiger partial charge in [0.25, 0.3) is 5.91 Å². The van der Waals surface area contributed by atoms with Gasteiger partial charge in [-0.15, -0.1) is 0 Å². The second-order valence-electron chi connectivity index (χ2n) is 7.37. The molecule has 1 saturated heterocycles. The average Bonchev–Trinajstić information content (AvgIpc) is 3.13. The molecule has 2 heterocycles. The molecule has 4 rings (SSSR count). The smallest absolute Gasteiger partial charge is 0.276 e. The highest BCUT2D eigenvalue weighted by molar-refractivity contribution is 5.93. The minimum absolute atomic E-state index is 0.0911. The van der Waals surface area contributed by atoms with E-state index >= 15 is 0 Å². The molecule has 7 heteroatoms. The number of carbonyl (C=O) groups excluding carboxylic acids is 1. The minimum atomic E-state index is -0.376. The lowest BCUT2D eigenvalue weighted by Gasteiger charge is -2.34. The second-order valence-corrected chi connectivity index (χ2v) is 7.37. The van der Waals surface area contributed by atoms with Gasteiger partial charge < -0.3 is 14.2 Å². The molecule has 1 aliphatic rings. The van der Waals surface area contributed by atoms with Crippen LogP contribution in [0.2, 0.25) is 0 Å². The highest BCUT2D eigenvalue weighted by Gasteiger charge is 2.28. The van der Waals surface area contributed by atoms with Gasteiger partial charge in [0.05, 0.1) is 5.56 Å². The van der Waals surface area contributed by atoms with Crippen molar-refractivity contribution in [2.75, 3.05) is 26.2 Å². The van der Waals surface area contributed by atoms with Crippen LogP contribution in [0.4, 0.5) is 4.39 Å². The van der Waals surface area contributed by atoms with Crippen LogP contribution in [0.3, 0.4) is 0 Å². The molecule has 6 nitrogen and oxygen atoms in total. The quantitative estimate of drug-likeness (QED) is 0.622. The average molecular weight is 409 g/mol. The fraction of sp³-hybridized carbons (Fsp3) is 0.304. The molecule has 0 N–H and O–H groups in total. The van der Waals surface area contributed by atoms with Gasteiger partial charge in [-0.1, -0.05) is 41.6 Å². The molecule has 1 fully saturated rings. The number of amides is 1. The lowest BCUT2D eigenvalue weighted by atomic mass is 10.1. The summed E-state index contributed by atoms with van der Waals surface area (Å²) in [5.74, 6) is 0.379. The highest BCUT2D eigenvalue weighted by Crippen LogP contribution is 2.20. The molecule has 2 aromatic carbocycles. The molecule has 30 heavy (non-hydrogen) atoms. The summed E-state index contributed by atoms with van der Waals surface area (Å²) in [5, 5.41) is 3.97. The maximum Gasteiger partial charge on any atom is 0.276 e. The molecule has 156 valence electrons. The lowest BCUT2D eigenvalue weighted by molar-refractivity contribution is 0.0616. The Morgan fingerprint density at radius 1 is 1.10 bits per heavy atom. The van der Waals surface area contributed by atoms with Crippen molar-refractivity contribution in [2.45, 2.75) is 20.1 Å². The van der Waals surface area contributed by atoms with Gasteiger partial charge in [-0.05, 0) is 24.6 Å². The topological polar surface area (TPSA) is 58.8 Å². The number of rotatable bonds is 6.